The van der Waals surface area contributed by atoms with Crippen LogP contribution in [0.1, 0.15) is 36.8 Å². The maximum absolute atomic E-state index is 13.4. The van der Waals surface area contributed by atoms with E-state index in [0.717, 1.165) is 32.2 Å². The third kappa shape index (κ3) is 3.69. The minimum atomic E-state index is -0.396. The van der Waals surface area contributed by atoms with Crippen molar-refractivity contribution in [1.82, 2.24) is 15.2 Å². The average molecular weight is 380 g/mol. The summed E-state index contributed by atoms with van der Waals surface area (Å²) in [5, 5.41) is 12.2. The van der Waals surface area contributed by atoms with E-state index < -0.39 is 5.41 Å². The number of nitrogens with one attached hydrogen (secondary N) is 1. The van der Waals surface area contributed by atoms with Crippen molar-refractivity contribution in [3.8, 4) is 0 Å². The summed E-state index contributed by atoms with van der Waals surface area (Å²) in [6.45, 7) is 1.51. The number of carbonyl (C=O) groups excluding carboxylic acids is 1. The van der Waals surface area contributed by atoms with Crippen LogP contribution in [-0.2, 0) is 17.8 Å². The van der Waals surface area contributed by atoms with Crippen LogP contribution in [0.3, 0.4) is 0 Å². The van der Waals surface area contributed by atoms with Gasteiger partial charge in [0.05, 0.1) is 5.41 Å². The SMILES string of the molecule is O=C(NCCCO)[C@]1(Cc2ccccc2)C[C@@H]2CC[C@H]1N2Cc1ccncc1. The first-order valence-corrected chi connectivity index (χ1v) is 10.3. The predicted molar refractivity (Wildman–Crippen MR) is 108 cm³/mol. The van der Waals surface area contributed by atoms with E-state index in [2.05, 4.69) is 51.6 Å². The summed E-state index contributed by atoms with van der Waals surface area (Å²) < 4.78 is 0. The van der Waals surface area contributed by atoms with E-state index in [4.69, 9.17) is 5.11 Å². The van der Waals surface area contributed by atoms with E-state index in [1.54, 1.807) is 0 Å². The number of hydrogen-bond donors (Lipinski definition) is 2. The van der Waals surface area contributed by atoms with Crippen LogP contribution in [0.2, 0.25) is 0 Å². The molecule has 5 heteroatoms. The highest BCUT2D eigenvalue weighted by atomic mass is 16.3. The Morgan fingerprint density at radius 3 is 2.68 bits per heavy atom. The van der Waals surface area contributed by atoms with Crippen molar-refractivity contribution >= 4 is 5.91 Å². The Morgan fingerprint density at radius 1 is 1.14 bits per heavy atom. The van der Waals surface area contributed by atoms with Gasteiger partial charge in [0, 0.05) is 44.2 Å². The van der Waals surface area contributed by atoms with E-state index in [1.807, 2.05) is 18.5 Å². The minimum absolute atomic E-state index is 0.103. The van der Waals surface area contributed by atoms with Gasteiger partial charge in [-0.2, -0.15) is 0 Å². The zero-order chi connectivity index (χ0) is 19.4. The molecule has 148 valence electrons. The van der Waals surface area contributed by atoms with E-state index in [0.29, 0.717) is 19.0 Å². The van der Waals surface area contributed by atoms with Gasteiger partial charge in [0.2, 0.25) is 5.91 Å². The van der Waals surface area contributed by atoms with E-state index in [9.17, 15) is 4.79 Å². The van der Waals surface area contributed by atoms with Gasteiger partial charge in [-0.05, 0) is 55.4 Å². The first-order valence-electron chi connectivity index (χ1n) is 10.3. The molecule has 2 bridgehead atoms. The summed E-state index contributed by atoms with van der Waals surface area (Å²) >= 11 is 0. The summed E-state index contributed by atoms with van der Waals surface area (Å²) in [6.07, 6.45) is 8.18. The maximum Gasteiger partial charge on any atom is 0.228 e. The molecule has 0 spiro atoms. The highest BCUT2D eigenvalue weighted by molar-refractivity contribution is 5.84. The van der Waals surface area contributed by atoms with Gasteiger partial charge in [-0.3, -0.25) is 14.7 Å². The van der Waals surface area contributed by atoms with E-state index in [-0.39, 0.29) is 18.6 Å². The molecule has 4 rings (SSSR count). The summed E-state index contributed by atoms with van der Waals surface area (Å²) in [5.41, 5.74) is 2.08. The van der Waals surface area contributed by atoms with Gasteiger partial charge in [-0.15, -0.1) is 0 Å². The van der Waals surface area contributed by atoms with Gasteiger partial charge in [0.15, 0.2) is 0 Å². The molecule has 2 aliphatic heterocycles. The number of aliphatic hydroxyl groups excluding tert-OH is 1. The highest BCUT2D eigenvalue weighted by Crippen LogP contribution is 2.52. The molecule has 1 amide bonds. The number of fused-ring (bicyclic) bond motifs is 2. The van der Waals surface area contributed by atoms with E-state index >= 15 is 0 Å². The molecule has 2 N–H and O–H groups in total. The molecule has 3 atom stereocenters. The Labute approximate surface area is 166 Å². The fourth-order valence-electron chi connectivity index (χ4n) is 5.18. The highest BCUT2D eigenvalue weighted by Gasteiger charge is 2.59. The lowest BCUT2D eigenvalue weighted by atomic mass is 9.69. The molecule has 1 aromatic heterocycles. The number of aromatic nitrogens is 1. The van der Waals surface area contributed by atoms with Crippen LogP contribution in [0.4, 0.5) is 0 Å². The molecule has 0 radical (unpaired) electrons. The van der Waals surface area contributed by atoms with Crippen molar-refractivity contribution in [2.75, 3.05) is 13.2 Å². The molecule has 3 heterocycles. The fraction of sp³-hybridized carbons (Fsp3) is 0.478. The van der Waals surface area contributed by atoms with Gasteiger partial charge in [-0.25, -0.2) is 0 Å². The van der Waals surface area contributed by atoms with Crippen LogP contribution in [0.5, 0.6) is 0 Å². The van der Waals surface area contributed by atoms with Gasteiger partial charge in [0.25, 0.3) is 0 Å². The summed E-state index contributed by atoms with van der Waals surface area (Å²) in [6, 6.07) is 15.2. The number of rotatable bonds is 8. The van der Waals surface area contributed by atoms with Crippen molar-refractivity contribution in [2.24, 2.45) is 5.41 Å². The lowest BCUT2D eigenvalue weighted by Gasteiger charge is -2.36. The molecule has 2 fully saturated rings. The molecule has 0 aliphatic carbocycles. The van der Waals surface area contributed by atoms with Gasteiger partial charge < -0.3 is 10.4 Å². The Balaban J connectivity index is 1.59. The number of pyridine rings is 1. The first kappa shape index (κ1) is 19.1. The van der Waals surface area contributed by atoms with Crippen molar-refractivity contribution in [3.63, 3.8) is 0 Å². The number of hydrogen-bond acceptors (Lipinski definition) is 4. The number of benzene rings is 1. The Kier molecular flexibility index (Phi) is 5.74. The van der Waals surface area contributed by atoms with Gasteiger partial charge in [-0.1, -0.05) is 30.3 Å². The fourth-order valence-corrected chi connectivity index (χ4v) is 5.18. The maximum atomic E-state index is 13.4. The van der Waals surface area contributed by atoms with Crippen molar-refractivity contribution in [1.29, 1.82) is 0 Å². The zero-order valence-corrected chi connectivity index (χ0v) is 16.3. The number of carbonyl (C=O) groups is 1. The molecular formula is C23H29N3O2. The average Bonchev–Trinajstić information content (AvgIpc) is 3.24. The molecule has 5 nitrogen and oxygen atoms in total. The zero-order valence-electron chi connectivity index (χ0n) is 16.3. The second-order valence-corrected chi connectivity index (χ2v) is 8.13. The van der Waals surface area contributed by atoms with Crippen LogP contribution in [0.15, 0.2) is 54.9 Å². The second kappa shape index (κ2) is 8.41. The van der Waals surface area contributed by atoms with Crippen LogP contribution in [0, 0.1) is 5.41 Å². The largest absolute Gasteiger partial charge is 0.396 e. The molecular weight excluding hydrogens is 350 g/mol. The number of amides is 1. The molecule has 0 saturated carbocycles. The van der Waals surface area contributed by atoms with Gasteiger partial charge >= 0.3 is 0 Å². The third-order valence-corrected chi connectivity index (χ3v) is 6.43. The van der Waals surface area contributed by atoms with Crippen LogP contribution in [-0.4, -0.2) is 46.1 Å². The lowest BCUT2D eigenvalue weighted by Crippen LogP contribution is -2.50. The molecule has 2 saturated heterocycles. The number of nitrogens with zero attached hydrogens (tertiary/aromatic N) is 2. The second-order valence-electron chi connectivity index (χ2n) is 8.13. The molecule has 0 unspecified atom stereocenters. The monoisotopic (exact) mass is 379 g/mol. The summed E-state index contributed by atoms with van der Waals surface area (Å²) in [5.74, 6) is 0.150. The Morgan fingerprint density at radius 2 is 1.93 bits per heavy atom. The number of aliphatic hydroxyl groups is 1. The Bertz CT molecular complexity index is 783. The standard InChI is InChI=1S/C23H29N3O2/c27-14-4-11-25-22(28)23(15-18-5-2-1-3-6-18)16-20-7-8-21(23)26(20)17-19-9-12-24-13-10-19/h1-3,5-6,9-10,12-13,20-21,27H,4,7-8,11,14-17H2,(H,25,28)/t20-,21+,23+/m0/s1. The Hall–Kier alpha value is -2.24. The lowest BCUT2D eigenvalue weighted by molar-refractivity contribution is -0.133. The predicted octanol–water partition coefficient (Wildman–Crippen LogP) is 2.55. The molecule has 2 aliphatic rings. The normalized spacial score (nSPS) is 26.5. The van der Waals surface area contributed by atoms with Crippen molar-refractivity contribution in [3.05, 3.63) is 66.0 Å². The molecule has 2 aromatic rings. The molecule has 28 heavy (non-hydrogen) atoms. The summed E-state index contributed by atoms with van der Waals surface area (Å²) in [4.78, 5) is 20.1. The first-order chi connectivity index (χ1) is 13.7. The summed E-state index contributed by atoms with van der Waals surface area (Å²) in [7, 11) is 0. The third-order valence-electron chi connectivity index (χ3n) is 6.43. The van der Waals surface area contributed by atoms with Gasteiger partial charge in [0.1, 0.15) is 0 Å². The van der Waals surface area contributed by atoms with Crippen LogP contribution >= 0.6 is 0 Å². The van der Waals surface area contributed by atoms with Crippen molar-refractivity contribution < 1.29 is 9.90 Å². The van der Waals surface area contributed by atoms with Crippen LogP contribution in [0.25, 0.3) is 0 Å². The van der Waals surface area contributed by atoms with E-state index in [1.165, 1.54) is 11.1 Å². The topological polar surface area (TPSA) is 65.5 Å². The quantitative estimate of drug-likeness (QED) is 0.692. The van der Waals surface area contributed by atoms with Crippen molar-refractivity contribution in [2.45, 2.75) is 50.7 Å². The van der Waals surface area contributed by atoms with Crippen LogP contribution < -0.4 is 5.32 Å². The minimum Gasteiger partial charge on any atom is -0.396 e. The smallest absolute Gasteiger partial charge is 0.228 e. The molecule has 1 aromatic carbocycles.